The lowest BCUT2D eigenvalue weighted by Gasteiger charge is -2.23. The molecule has 2 aliphatic rings. The molecule has 21 heavy (non-hydrogen) atoms. The molecule has 4 atom stereocenters. The van der Waals surface area contributed by atoms with E-state index < -0.39 is 37.4 Å². The molecule has 3 N–H and O–H groups in total. The van der Waals surface area contributed by atoms with Crippen LogP contribution < -0.4 is 10.6 Å². The summed E-state index contributed by atoms with van der Waals surface area (Å²) in [6.45, 7) is 6.61. The van der Waals surface area contributed by atoms with Crippen LogP contribution in [0.2, 0.25) is 0 Å². The molecule has 2 amide bonds. The fourth-order valence-corrected chi connectivity index (χ4v) is 3.37. The molecule has 0 aromatic carbocycles. The minimum atomic E-state index is -1.54. The van der Waals surface area contributed by atoms with Gasteiger partial charge in [0.2, 0.25) is 0 Å². The number of aliphatic hydroxyl groups is 1. The van der Waals surface area contributed by atoms with Crippen LogP contribution in [0.4, 0.5) is 9.18 Å². The van der Waals surface area contributed by atoms with Gasteiger partial charge in [-0.3, -0.25) is 0 Å². The first-order valence-corrected chi connectivity index (χ1v) is 9.86. The van der Waals surface area contributed by atoms with Crippen molar-refractivity contribution in [1.29, 1.82) is 0 Å². The first-order chi connectivity index (χ1) is 9.69. The summed E-state index contributed by atoms with van der Waals surface area (Å²) in [6, 6.07) is -0.419. The van der Waals surface area contributed by atoms with Gasteiger partial charge in [0.15, 0.2) is 6.17 Å². The summed E-state index contributed by atoms with van der Waals surface area (Å²) >= 11 is 0. The molecule has 118 valence electrons. The molecule has 0 aromatic rings. The fourth-order valence-electron chi connectivity index (χ4n) is 2.42. The van der Waals surface area contributed by atoms with Crippen LogP contribution in [0.3, 0.4) is 0 Å². The third-order valence-corrected chi connectivity index (χ3v) is 5.08. The fraction of sp³-hybridized carbons (Fsp3) is 0.571. The largest absolute Gasteiger partial charge is 0.387 e. The van der Waals surface area contributed by atoms with Gasteiger partial charge in [-0.2, -0.15) is 0 Å². The Morgan fingerprint density at radius 1 is 1.52 bits per heavy atom. The predicted molar refractivity (Wildman–Crippen MR) is 83.8 cm³/mol. The standard InChI is InChI=1S/C14H22FN2O3P/c1-8-9(7-16-14(19)17-8)13-11(15)12(18)10(20-13)5-6-21(2,3)4/h7,10-13,18H,1-2,5-6H2,3-4H3,(H2,16,17,19)/t10?,11-,12-,13?/m1/s1. The van der Waals surface area contributed by atoms with Crippen LogP contribution in [-0.2, 0) is 4.74 Å². The molecule has 0 aliphatic carbocycles. The molecule has 5 nitrogen and oxygen atoms in total. The molecule has 7 heteroatoms. The molecule has 2 aliphatic heterocycles. The number of aliphatic hydroxyl groups excluding tert-OH is 1. The number of carbonyl (C=O) groups is 1. The molecule has 2 heterocycles. The van der Waals surface area contributed by atoms with Gasteiger partial charge in [0, 0.05) is 17.5 Å². The number of carbonyl (C=O) groups excluding carboxylic acids is 1. The summed E-state index contributed by atoms with van der Waals surface area (Å²) in [5, 5.41) is 14.9. The van der Waals surface area contributed by atoms with E-state index in [2.05, 4.69) is 36.8 Å². The highest BCUT2D eigenvalue weighted by atomic mass is 31.2. The van der Waals surface area contributed by atoms with Crippen molar-refractivity contribution in [2.24, 2.45) is 0 Å². The van der Waals surface area contributed by atoms with E-state index in [9.17, 15) is 14.3 Å². The summed E-state index contributed by atoms with van der Waals surface area (Å²) in [4.78, 5) is 11.1. The van der Waals surface area contributed by atoms with E-state index >= 15 is 0 Å². The number of urea groups is 1. The SMILES string of the molecule is C=C1NC(=O)NC=C1C1OC(CCP(=C)(C)C)[C@@H](O)[C@H]1F. The lowest BCUT2D eigenvalue weighted by molar-refractivity contribution is 0.0199. The summed E-state index contributed by atoms with van der Waals surface area (Å²) in [6.07, 6.45) is 2.69. The number of ether oxygens (including phenoxy) is 1. The van der Waals surface area contributed by atoms with E-state index in [0.717, 1.165) is 6.16 Å². The molecular weight excluding hydrogens is 294 g/mol. The second-order valence-electron chi connectivity index (χ2n) is 6.15. The zero-order valence-corrected chi connectivity index (χ0v) is 13.2. The topological polar surface area (TPSA) is 70.6 Å². The maximum absolute atomic E-state index is 14.3. The number of hydrogen-bond donors (Lipinski definition) is 3. The Balaban J connectivity index is 2.08. The summed E-state index contributed by atoms with van der Waals surface area (Å²) < 4.78 is 20.0. The predicted octanol–water partition coefficient (Wildman–Crippen LogP) is 1.26. The number of halogens is 1. The molecule has 1 fully saturated rings. The Bertz CT molecular complexity index is 528. The smallest absolute Gasteiger partial charge is 0.323 e. The van der Waals surface area contributed by atoms with E-state index in [1.54, 1.807) is 0 Å². The molecule has 2 rings (SSSR count). The molecule has 0 bridgehead atoms. The van der Waals surface area contributed by atoms with Crippen LogP contribution in [0.1, 0.15) is 6.42 Å². The van der Waals surface area contributed by atoms with Gasteiger partial charge in [-0.1, -0.05) is 6.58 Å². The average molecular weight is 316 g/mol. The summed E-state index contributed by atoms with van der Waals surface area (Å²) in [7, 11) is 0. The number of rotatable bonds is 4. The van der Waals surface area contributed by atoms with Crippen molar-refractivity contribution in [2.75, 3.05) is 19.5 Å². The molecule has 0 saturated carbocycles. The summed E-state index contributed by atoms with van der Waals surface area (Å²) in [5.74, 6) is 0. The number of hydrogen-bond acceptors (Lipinski definition) is 3. The number of alkyl halides is 1. The van der Waals surface area contributed by atoms with Gasteiger partial charge in [-0.15, -0.1) is 13.2 Å². The Kier molecular flexibility index (Phi) is 4.61. The van der Waals surface area contributed by atoms with Gasteiger partial charge < -0.3 is 20.5 Å². The highest BCUT2D eigenvalue weighted by Gasteiger charge is 2.46. The molecular formula is C14H22FN2O3P. The quantitative estimate of drug-likeness (QED) is 0.684. The number of amides is 2. The Morgan fingerprint density at radius 2 is 2.19 bits per heavy atom. The molecule has 2 unspecified atom stereocenters. The number of nitrogens with one attached hydrogen (secondary N) is 2. The minimum absolute atomic E-state index is 0.296. The van der Waals surface area contributed by atoms with E-state index in [1.165, 1.54) is 6.20 Å². The monoisotopic (exact) mass is 316 g/mol. The minimum Gasteiger partial charge on any atom is -0.387 e. The lowest BCUT2D eigenvalue weighted by Crippen LogP contribution is -2.41. The molecule has 0 spiro atoms. The zero-order chi connectivity index (χ0) is 15.8. The van der Waals surface area contributed by atoms with Gasteiger partial charge in [-0.05, 0) is 25.9 Å². The first kappa shape index (κ1) is 16.3. The Morgan fingerprint density at radius 3 is 2.76 bits per heavy atom. The van der Waals surface area contributed by atoms with Crippen molar-refractivity contribution in [3.05, 3.63) is 24.0 Å². The molecule has 0 radical (unpaired) electrons. The third kappa shape index (κ3) is 3.76. The van der Waals surface area contributed by atoms with Crippen molar-refractivity contribution >= 4 is 19.2 Å². The Labute approximate surface area is 124 Å². The molecule has 1 saturated heterocycles. The van der Waals surface area contributed by atoms with Crippen LogP contribution >= 0.6 is 6.89 Å². The first-order valence-electron chi connectivity index (χ1n) is 6.81. The maximum Gasteiger partial charge on any atom is 0.323 e. The van der Waals surface area contributed by atoms with Crippen LogP contribution in [0, 0.1) is 0 Å². The van der Waals surface area contributed by atoms with Crippen LogP contribution in [0.25, 0.3) is 0 Å². The zero-order valence-electron chi connectivity index (χ0n) is 12.3. The average Bonchev–Trinajstić information content (AvgIpc) is 2.64. The second-order valence-corrected chi connectivity index (χ2v) is 10.5. The third-order valence-electron chi connectivity index (χ3n) is 3.61. The van der Waals surface area contributed by atoms with E-state index in [0.29, 0.717) is 17.7 Å². The van der Waals surface area contributed by atoms with E-state index in [-0.39, 0.29) is 0 Å². The van der Waals surface area contributed by atoms with Gasteiger partial charge in [0.25, 0.3) is 0 Å². The van der Waals surface area contributed by atoms with Crippen LogP contribution in [0.15, 0.2) is 24.0 Å². The van der Waals surface area contributed by atoms with Gasteiger partial charge in [0.05, 0.1) is 6.10 Å². The van der Waals surface area contributed by atoms with E-state index in [1.807, 2.05) is 0 Å². The van der Waals surface area contributed by atoms with Gasteiger partial charge >= 0.3 is 6.03 Å². The summed E-state index contributed by atoms with van der Waals surface area (Å²) in [5.41, 5.74) is 0.719. The lowest BCUT2D eigenvalue weighted by atomic mass is 10.00. The van der Waals surface area contributed by atoms with Crippen molar-refractivity contribution in [3.63, 3.8) is 0 Å². The highest BCUT2D eigenvalue weighted by Crippen LogP contribution is 2.39. The maximum atomic E-state index is 14.3. The van der Waals surface area contributed by atoms with Crippen molar-refractivity contribution in [1.82, 2.24) is 10.6 Å². The highest BCUT2D eigenvalue weighted by molar-refractivity contribution is 7.72. The van der Waals surface area contributed by atoms with Gasteiger partial charge in [-0.25, -0.2) is 9.18 Å². The molecule has 0 aromatic heterocycles. The van der Waals surface area contributed by atoms with E-state index in [4.69, 9.17) is 4.74 Å². The van der Waals surface area contributed by atoms with Crippen molar-refractivity contribution in [2.45, 2.75) is 30.9 Å². The van der Waals surface area contributed by atoms with Crippen molar-refractivity contribution < 1.29 is 19.0 Å². The normalized spacial score (nSPS) is 33.4. The Hall–Kier alpha value is -1.10. The van der Waals surface area contributed by atoms with Crippen molar-refractivity contribution in [3.8, 4) is 0 Å². The van der Waals surface area contributed by atoms with Crippen LogP contribution in [0.5, 0.6) is 0 Å². The van der Waals surface area contributed by atoms with Crippen LogP contribution in [-0.4, -0.2) is 61.4 Å². The second kappa shape index (κ2) is 5.95. The van der Waals surface area contributed by atoms with Gasteiger partial charge in [0.1, 0.15) is 12.2 Å².